The molecule has 2 heteroatoms. The Morgan fingerprint density at radius 3 is 2.10 bits per heavy atom. The van der Waals surface area contributed by atoms with Crippen LogP contribution >= 0.6 is 0 Å². The van der Waals surface area contributed by atoms with Crippen LogP contribution in [0, 0.1) is 0 Å². The Morgan fingerprint density at radius 2 is 1.48 bits per heavy atom. The van der Waals surface area contributed by atoms with Crippen molar-refractivity contribution in [3.05, 3.63) is 107 Å². The van der Waals surface area contributed by atoms with Crippen molar-refractivity contribution in [1.82, 2.24) is 9.78 Å². The van der Waals surface area contributed by atoms with Crippen molar-refractivity contribution in [1.29, 1.82) is 0 Å². The van der Waals surface area contributed by atoms with Gasteiger partial charge in [0.15, 0.2) is 0 Å². The van der Waals surface area contributed by atoms with Gasteiger partial charge in [0.2, 0.25) is 0 Å². The highest BCUT2D eigenvalue weighted by molar-refractivity contribution is 5.72. The standard InChI is InChI=1S/C29H30N2/c1-5-22-11-16-24(17-12-22)28-21-26(30-31(28)27-9-7-6-8-10-27)20-15-23-13-18-25(19-14-23)29(2,3)4/h6-21H,5H2,1-4H3. The maximum atomic E-state index is 4.90. The van der Waals surface area contributed by atoms with E-state index in [-0.39, 0.29) is 5.41 Å². The van der Waals surface area contributed by atoms with Crippen molar-refractivity contribution >= 4 is 12.2 Å². The van der Waals surface area contributed by atoms with Crippen LogP contribution in [0.1, 0.15) is 50.1 Å². The van der Waals surface area contributed by atoms with Crippen molar-refractivity contribution < 1.29 is 0 Å². The summed E-state index contributed by atoms with van der Waals surface area (Å²) < 4.78 is 2.03. The first kappa shape index (κ1) is 20.9. The molecular formula is C29H30N2. The van der Waals surface area contributed by atoms with Crippen LogP contribution in [0.25, 0.3) is 29.1 Å². The summed E-state index contributed by atoms with van der Waals surface area (Å²) in [5.41, 5.74) is 8.29. The lowest BCUT2D eigenvalue weighted by atomic mass is 9.87. The normalized spacial score (nSPS) is 11.9. The highest BCUT2D eigenvalue weighted by Gasteiger charge is 2.13. The third-order valence-electron chi connectivity index (χ3n) is 5.61. The van der Waals surface area contributed by atoms with Gasteiger partial charge in [-0.25, -0.2) is 4.68 Å². The lowest BCUT2D eigenvalue weighted by molar-refractivity contribution is 0.590. The van der Waals surface area contributed by atoms with Gasteiger partial charge in [0.05, 0.1) is 17.1 Å². The molecule has 0 aliphatic carbocycles. The maximum Gasteiger partial charge on any atom is 0.0862 e. The zero-order chi connectivity index (χ0) is 21.8. The Balaban J connectivity index is 1.68. The van der Waals surface area contributed by atoms with Gasteiger partial charge >= 0.3 is 0 Å². The molecule has 4 aromatic rings. The third kappa shape index (κ3) is 4.86. The molecule has 0 bridgehead atoms. The number of hydrogen-bond donors (Lipinski definition) is 0. The van der Waals surface area contributed by atoms with E-state index >= 15 is 0 Å². The van der Waals surface area contributed by atoms with Crippen LogP contribution in [0.2, 0.25) is 0 Å². The van der Waals surface area contributed by atoms with Crippen LogP contribution in [0.3, 0.4) is 0 Å². The van der Waals surface area contributed by atoms with E-state index in [1.54, 1.807) is 0 Å². The molecular weight excluding hydrogens is 376 g/mol. The number of para-hydroxylation sites is 1. The van der Waals surface area contributed by atoms with E-state index in [4.69, 9.17) is 5.10 Å². The second kappa shape index (κ2) is 8.77. The predicted molar refractivity (Wildman–Crippen MR) is 132 cm³/mol. The van der Waals surface area contributed by atoms with E-state index < -0.39 is 0 Å². The molecule has 0 N–H and O–H groups in total. The molecule has 1 heterocycles. The fraction of sp³-hybridized carbons (Fsp3) is 0.207. The number of aromatic nitrogens is 2. The summed E-state index contributed by atoms with van der Waals surface area (Å²) in [5, 5.41) is 4.90. The van der Waals surface area contributed by atoms with Crippen molar-refractivity contribution in [3.8, 4) is 16.9 Å². The predicted octanol–water partition coefficient (Wildman–Crippen LogP) is 7.57. The highest BCUT2D eigenvalue weighted by Crippen LogP contribution is 2.26. The highest BCUT2D eigenvalue weighted by atomic mass is 15.3. The van der Waals surface area contributed by atoms with Gasteiger partial charge in [0, 0.05) is 5.56 Å². The van der Waals surface area contributed by atoms with Crippen LogP contribution in [-0.4, -0.2) is 9.78 Å². The fourth-order valence-electron chi connectivity index (χ4n) is 3.64. The molecule has 0 aliphatic heterocycles. The molecule has 0 spiro atoms. The van der Waals surface area contributed by atoms with Crippen LogP contribution in [-0.2, 0) is 11.8 Å². The molecule has 4 rings (SSSR count). The summed E-state index contributed by atoms with van der Waals surface area (Å²) in [5.74, 6) is 0. The van der Waals surface area contributed by atoms with Crippen molar-refractivity contribution in [2.24, 2.45) is 0 Å². The molecule has 3 aromatic carbocycles. The van der Waals surface area contributed by atoms with E-state index in [0.717, 1.165) is 23.5 Å². The van der Waals surface area contributed by atoms with Gasteiger partial charge in [-0.05, 0) is 52.8 Å². The van der Waals surface area contributed by atoms with Crippen LogP contribution in [0.5, 0.6) is 0 Å². The van der Waals surface area contributed by atoms with Crippen molar-refractivity contribution in [2.75, 3.05) is 0 Å². The van der Waals surface area contributed by atoms with Crippen LogP contribution < -0.4 is 0 Å². The molecule has 0 aliphatic rings. The minimum absolute atomic E-state index is 0.166. The molecule has 0 saturated heterocycles. The maximum absolute atomic E-state index is 4.90. The topological polar surface area (TPSA) is 17.8 Å². The van der Waals surface area contributed by atoms with E-state index in [9.17, 15) is 0 Å². The minimum Gasteiger partial charge on any atom is -0.233 e. The van der Waals surface area contributed by atoms with Crippen molar-refractivity contribution in [2.45, 2.75) is 39.5 Å². The van der Waals surface area contributed by atoms with Gasteiger partial charge in [-0.2, -0.15) is 5.10 Å². The average Bonchev–Trinajstić information content (AvgIpc) is 3.22. The quantitative estimate of drug-likeness (QED) is 0.334. The molecule has 156 valence electrons. The number of benzene rings is 3. The van der Waals surface area contributed by atoms with Crippen molar-refractivity contribution in [3.63, 3.8) is 0 Å². The van der Waals surface area contributed by atoms with E-state index in [1.807, 2.05) is 22.9 Å². The largest absolute Gasteiger partial charge is 0.233 e. The van der Waals surface area contributed by atoms with Gasteiger partial charge in [0.25, 0.3) is 0 Å². The number of nitrogens with zero attached hydrogens (tertiary/aromatic N) is 2. The van der Waals surface area contributed by atoms with E-state index in [1.165, 1.54) is 22.3 Å². The molecule has 0 unspecified atom stereocenters. The second-order valence-electron chi connectivity index (χ2n) is 8.96. The molecule has 0 amide bonds. The molecule has 31 heavy (non-hydrogen) atoms. The SMILES string of the molecule is CCc1ccc(-c2cc(C=Cc3ccc(C(C)(C)C)cc3)nn2-c2ccccc2)cc1. The first-order chi connectivity index (χ1) is 14.9. The summed E-state index contributed by atoms with van der Waals surface area (Å²) >= 11 is 0. The van der Waals surface area contributed by atoms with E-state index in [0.29, 0.717) is 0 Å². The zero-order valence-electron chi connectivity index (χ0n) is 18.8. The summed E-state index contributed by atoms with van der Waals surface area (Å²) in [4.78, 5) is 0. The minimum atomic E-state index is 0.166. The Kier molecular flexibility index (Phi) is 5.90. The van der Waals surface area contributed by atoms with Gasteiger partial charge in [-0.1, -0.05) is 101 Å². The molecule has 0 saturated carbocycles. The number of aryl methyl sites for hydroxylation is 1. The van der Waals surface area contributed by atoms with Crippen LogP contribution in [0.4, 0.5) is 0 Å². The van der Waals surface area contributed by atoms with Gasteiger partial charge in [0.1, 0.15) is 0 Å². The second-order valence-corrected chi connectivity index (χ2v) is 8.96. The third-order valence-corrected chi connectivity index (χ3v) is 5.61. The van der Waals surface area contributed by atoms with Gasteiger partial charge < -0.3 is 0 Å². The molecule has 0 fully saturated rings. The fourth-order valence-corrected chi connectivity index (χ4v) is 3.64. The monoisotopic (exact) mass is 406 g/mol. The lowest BCUT2D eigenvalue weighted by Gasteiger charge is -2.18. The summed E-state index contributed by atoms with van der Waals surface area (Å²) in [6.45, 7) is 8.90. The smallest absolute Gasteiger partial charge is 0.0862 e. The Bertz CT molecular complexity index is 1160. The van der Waals surface area contributed by atoms with Gasteiger partial charge in [-0.3, -0.25) is 0 Å². The van der Waals surface area contributed by atoms with Gasteiger partial charge in [-0.15, -0.1) is 0 Å². The molecule has 0 atom stereocenters. The molecule has 1 aromatic heterocycles. The number of hydrogen-bond acceptors (Lipinski definition) is 1. The van der Waals surface area contributed by atoms with Crippen LogP contribution in [0.15, 0.2) is 84.9 Å². The first-order valence-electron chi connectivity index (χ1n) is 11.0. The summed E-state index contributed by atoms with van der Waals surface area (Å²) in [7, 11) is 0. The Hall–Kier alpha value is -3.39. The average molecular weight is 407 g/mol. The Labute approximate surface area is 185 Å². The molecule has 2 nitrogen and oxygen atoms in total. The lowest BCUT2D eigenvalue weighted by Crippen LogP contribution is -2.10. The Morgan fingerprint density at radius 1 is 0.806 bits per heavy atom. The summed E-state index contributed by atoms with van der Waals surface area (Å²) in [6.07, 6.45) is 5.27. The summed E-state index contributed by atoms with van der Waals surface area (Å²) in [6, 6.07) is 30.0. The first-order valence-corrected chi connectivity index (χ1v) is 11.0. The zero-order valence-corrected chi connectivity index (χ0v) is 18.8. The molecule has 0 radical (unpaired) electrons. The number of rotatable bonds is 5. The van der Waals surface area contributed by atoms with E-state index in [2.05, 4.69) is 107 Å².